The third-order valence-electron chi connectivity index (χ3n) is 4.04. The molecule has 25 heavy (non-hydrogen) atoms. The number of benzene rings is 2. The highest BCUT2D eigenvalue weighted by atomic mass is 16.7. The van der Waals surface area contributed by atoms with Gasteiger partial charge >= 0.3 is 0 Å². The van der Waals surface area contributed by atoms with Crippen molar-refractivity contribution in [2.24, 2.45) is 0 Å². The van der Waals surface area contributed by atoms with Crippen LogP contribution in [0.4, 0.5) is 5.69 Å². The number of fused-ring (bicyclic) bond motifs is 2. The molecule has 4 rings (SSSR count). The van der Waals surface area contributed by atoms with E-state index in [9.17, 15) is 9.59 Å². The van der Waals surface area contributed by atoms with Crippen molar-refractivity contribution in [2.45, 2.75) is 6.54 Å². The van der Waals surface area contributed by atoms with Crippen molar-refractivity contribution in [2.75, 3.05) is 24.8 Å². The molecule has 2 heterocycles. The molecule has 7 nitrogen and oxygen atoms in total. The van der Waals surface area contributed by atoms with Crippen molar-refractivity contribution >= 4 is 17.5 Å². The summed E-state index contributed by atoms with van der Waals surface area (Å²) in [5, 5.41) is 2.82. The first kappa shape index (κ1) is 15.3. The molecule has 0 spiro atoms. The summed E-state index contributed by atoms with van der Waals surface area (Å²) in [5.74, 6) is 1.49. The van der Waals surface area contributed by atoms with Gasteiger partial charge in [-0.2, -0.15) is 0 Å². The molecule has 128 valence electrons. The Kier molecular flexibility index (Phi) is 3.89. The number of amides is 2. The van der Waals surface area contributed by atoms with E-state index in [1.807, 2.05) is 24.3 Å². The van der Waals surface area contributed by atoms with Gasteiger partial charge in [0.05, 0.1) is 5.69 Å². The van der Waals surface area contributed by atoms with Gasteiger partial charge in [-0.25, -0.2) is 0 Å². The predicted molar refractivity (Wildman–Crippen MR) is 88.7 cm³/mol. The van der Waals surface area contributed by atoms with Crippen LogP contribution in [-0.4, -0.2) is 31.8 Å². The van der Waals surface area contributed by atoms with Gasteiger partial charge in [0.1, 0.15) is 12.3 Å². The summed E-state index contributed by atoms with van der Waals surface area (Å²) in [6, 6.07) is 12.7. The van der Waals surface area contributed by atoms with E-state index < -0.39 is 0 Å². The summed E-state index contributed by atoms with van der Waals surface area (Å²) in [7, 11) is 0. The van der Waals surface area contributed by atoms with Crippen LogP contribution in [0.1, 0.15) is 5.56 Å². The lowest BCUT2D eigenvalue weighted by Gasteiger charge is -2.28. The number of carbonyl (C=O) groups is 2. The van der Waals surface area contributed by atoms with Gasteiger partial charge in [-0.1, -0.05) is 18.2 Å². The first-order chi connectivity index (χ1) is 12.2. The number of ether oxygens (including phenoxy) is 3. The number of hydrogen-bond donors (Lipinski definition) is 1. The van der Waals surface area contributed by atoms with Gasteiger partial charge in [0.15, 0.2) is 18.1 Å². The number of nitrogens with one attached hydrogen (secondary N) is 1. The summed E-state index contributed by atoms with van der Waals surface area (Å²) in [4.78, 5) is 25.8. The van der Waals surface area contributed by atoms with Crippen LogP contribution in [0.2, 0.25) is 0 Å². The largest absolute Gasteiger partial charge is 0.482 e. The molecule has 0 atom stereocenters. The lowest BCUT2D eigenvalue weighted by Crippen LogP contribution is -2.45. The van der Waals surface area contributed by atoms with Crippen LogP contribution in [0.5, 0.6) is 17.2 Å². The average Bonchev–Trinajstić information content (AvgIpc) is 3.10. The molecule has 1 N–H and O–H groups in total. The normalized spacial score (nSPS) is 14.7. The Hall–Kier alpha value is -3.22. The Balaban J connectivity index is 1.40. The van der Waals surface area contributed by atoms with E-state index in [-0.39, 0.29) is 31.8 Å². The van der Waals surface area contributed by atoms with Crippen LogP contribution < -0.4 is 24.4 Å². The van der Waals surface area contributed by atoms with Crippen molar-refractivity contribution in [3.8, 4) is 17.2 Å². The van der Waals surface area contributed by atoms with E-state index in [4.69, 9.17) is 14.2 Å². The van der Waals surface area contributed by atoms with Gasteiger partial charge in [0.25, 0.3) is 5.91 Å². The number of rotatable bonds is 4. The first-order valence-electron chi connectivity index (χ1n) is 7.88. The SMILES string of the molecule is O=C(CN1C(=O)COc2ccccc21)NCc1ccc2c(c1)OCO2. The van der Waals surface area contributed by atoms with Crippen molar-refractivity contribution in [3.63, 3.8) is 0 Å². The van der Waals surface area contributed by atoms with E-state index in [0.717, 1.165) is 5.56 Å². The molecule has 0 unspecified atom stereocenters. The molecule has 0 aliphatic carbocycles. The number of anilines is 1. The number of carbonyl (C=O) groups excluding carboxylic acids is 2. The lowest BCUT2D eigenvalue weighted by atomic mass is 10.2. The highest BCUT2D eigenvalue weighted by Gasteiger charge is 2.26. The second-order valence-electron chi connectivity index (χ2n) is 5.70. The number of para-hydroxylation sites is 2. The topological polar surface area (TPSA) is 77.1 Å². The molecule has 2 aliphatic heterocycles. The minimum Gasteiger partial charge on any atom is -0.482 e. The lowest BCUT2D eigenvalue weighted by molar-refractivity contribution is -0.125. The van der Waals surface area contributed by atoms with Crippen LogP contribution in [0.15, 0.2) is 42.5 Å². The van der Waals surface area contributed by atoms with Crippen LogP contribution >= 0.6 is 0 Å². The minimum absolute atomic E-state index is 0.0518. The standard InChI is InChI=1S/C18H16N2O5/c21-17(19-8-12-5-6-15-16(7-12)25-11-24-15)9-20-13-3-1-2-4-14(13)23-10-18(20)22/h1-7H,8-11H2,(H,19,21). The molecule has 2 aromatic carbocycles. The Labute approximate surface area is 144 Å². The zero-order valence-corrected chi connectivity index (χ0v) is 13.4. The van der Waals surface area contributed by atoms with Gasteiger partial charge < -0.3 is 19.5 Å². The Morgan fingerprint density at radius 3 is 2.80 bits per heavy atom. The third-order valence-corrected chi connectivity index (χ3v) is 4.04. The molecule has 2 amide bonds. The van der Waals surface area contributed by atoms with Crippen molar-refractivity contribution in [1.29, 1.82) is 0 Å². The highest BCUT2D eigenvalue weighted by molar-refractivity contribution is 6.02. The maximum absolute atomic E-state index is 12.3. The van der Waals surface area contributed by atoms with Crippen LogP contribution in [-0.2, 0) is 16.1 Å². The van der Waals surface area contributed by atoms with Gasteiger partial charge in [0.2, 0.25) is 12.7 Å². The average molecular weight is 340 g/mol. The molecule has 2 aliphatic rings. The van der Waals surface area contributed by atoms with Crippen molar-refractivity contribution in [1.82, 2.24) is 5.32 Å². The Morgan fingerprint density at radius 1 is 1.04 bits per heavy atom. The van der Waals surface area contributed by atoms with Gasteiger partial charge in [-0.05, 0) is 29.8 Å². The predicted octanol–water partition coefficient (Wildman–Crippen LogP) is 1.46. The molecule has 0 saturated carbocycles. The fourth-order valence-electron chi connectivity index (χ4n) is 2.78. The summed E-state index contributed by atoms with van der Waals surface area (Å²) >= 11 is 0. The van der Waals surface area contributed by atoms with Crippen LogP contribution in [0, 0.1) is 0 Å². The summed E-state index contributed by atoms with van der Waals surface area (Å²) in [6.07, 6.45) is 0. The zero-order chi connectivity index (χ0) is 17.2. The molecule has 7 heteroatoms. The van der Waals surface area contributed by atoms with Gasteiger partial charge in [-0.15, -0.1) is 0 Å². The summed E-state index contributed by atoms with van der Waals surface area (Å²) < 4.78 is 15.9. The second kappa shape index (κ2) is 6.35. The van der Waals surface area contributed by atoms with Crippen LogP contribution in [0.3, 0.4) is 0 Å². The molecule has 0 fully saturated rings. The molecule has 0 aromatic heterocycles. The maximum Gasteiger partial charge on any atom is 0.265 e. The molecule has 0 saturated heterocycles. The monoisotopic (exact) mass is 340 g/mol. The number of nitrogens with zero attached hydrogens (tertiary/aromatic N) is 1. The first-order valence-corrected chi connectivity index (χ1v) is 7.88. The zero-order valence-electron chi connectivity index (χ0n) is 13.4. The number of hydrogen-bond acceptors (Lipinski definition) is 5. The van der Waals surface area contributed by atoms with Gasteiger partial charge in [0, 0.05) is 6.54 Å². The minimum atomic E-state index is -0.247. The quantitative estimate of drug-likeness (QED) is 0.912. The van der Waals surface area contributed by atoms with Crippen molar-refractivity contribution < 1.29 is 23.8 Å². The smallest absolute Gasteiger partial charge is 0.265 e. The molecule has 0 bridgehead atoms. The molecular weight excluding hydrogens is 324 g/mol. The summed E-state index contributed by atoms with van der Waals surface area (Å²) in [6.45, 7) is 0.440. The van der Waals surface area contributed by atoms with Crippen molar-refractivity contribution in [3.05, 3.63) is 48.0 Å². The highest BCUT2D eigenvalue weighted by Crippen LogP contribution is 2.33. The van der Waals surface area contributed by atoms with E-state index in [2.05, 4.69) is 5.32 Å². The molecular formula is C18H16N2O5. The van der Waals surface area contributed by atoms with E-state index >= 15 is 0 Å². The molecule has 0 radical (unpaired) electrons. The van der Waals surface area contributed by atoms with E-state index in [1.165, 1.54) is 4.90 Å². The fraction of sp³-hybridized carbons (Fsp3) is 0.222. The van der Waals surface area contributed by atoms with E-state index in [1.54, 1.807) is 18.2 Å². The summed E-state index contributed by atoms with van der Waals surface area (Å²) in [5.41, 5.74) is 1.50. The molecule has 2 aromatic rings. The van der Waals surface area contributed by atoms with Crippen LogP contribution in [0.25, 0.3) is 0 Å². The van der Waals surface area contributed by atoms with Gasteiger partial charge in [-0.3, -0.25) is 14.5 Å². The van der Waals surface area contributed by atoms with E-state index in [0.29, 0.717) is 29.5 Å². The second-order valence-corrected chi connectivity index (χ2v) is 5.70. The maximum atomic E-state index is 12.3. The third kappa shape index (κ3) is 3.08. The Bertz CT molecular complexity index is 836. The fourth-order valence-corrected chi connectivity index (χ4v) is 2.78. The Morgan fingerprint density at radius 2 is 1.88 bits per heavy atom.